The van der Waals surface area contributed by atoms with Crippen LogP contribution in [0.15, 0.2) is 24.5 Å². The molecule has 1 aliphatic carbocycles. The minimum Gasteiger partial charge on any atom is -0.350 e. The van der Waals surface area contributed by atoms with E-state index in [0.717, 1.165) is 45.7 Å². The van der Waals surface area contributed by atoms with E-state index in [1.54, 1.807) is 17.7 Å². The number of hydrogen-bond acceptors (Lipinski definition) is 5. The molecule has 2 heterocycles. The third-order valence-corrected chi connectivity index (χ3v) is 6.09. The number of aryl methyl sites for hydroxylation is 4. The van der Waals surface area contributed by atoms with Crippen molar-refractivity contribution < 1.29 is 4.79 Å². The molecule has 0 fully saturated rings. The van der Waals surface area contributed by atoms with Crippen LogP contribution in [0.3, 0.4) is 0 Å². The fraction of sp³-hybridized carbons (Fsp3) is 0.350. The van der Waals surface area contributed by atoms with E-state index in [4.69, 9.17) is 0 Å². The topological polar surface area (TPSA) is 58.1 Å². The molecule has 5 nitrogen and oxygen atoms in total. The molecule has 26 heavy (non-hydrogen) atoms. The van der Waals surface area contributed by atoms with Crippen molar-refractivity contribution in [2.45, 2.75) is 33.1 Å². The summed E-state index contributed by atoms with van der Waals surface area (Å²) >= 11 is 1.76. The predicted octanol–water partition coefficient (Wildman–Crippen LogP) is 3.87. The van der Waals surface area contributed by atoms with Crippen molar-refractivity contribution in [2.75, 3.05) is 23.8 Å². The fourth-order valence-electron chi connectivity index (χ4n) is 3.55. The van der Waals surface area contributed by atoms with Crippen molar-refractivity contribution in [3.63, 3.8) is 0 Å². The Labute approximate surface area is 157 Å². The van der Waals surface area contributed by atoms with E-state index in [9.17, 15) is 4.79 Å². The third kappa shape index (κ3) is 3.05. The van der Waals surface area contributed by atoms with Crippen LogP contribution in [0.4, 0.5) is 11.5 Å². The van der Waals surface area contributed by atoms with Crippen LogP contribution in [0.5, 0.6) is 0 Å². The minimum atomic E-state index is -0.0418. The Bertz CT molecular complexity index is 995. The number of hydrogen-bond donors (Lipinski definition) is 1. The van der Waals surface area contributed by atoms with Gasteiger partial charge in [-0.15, -0.1) is 11.3 Å². The lowest BCUT2D eigenvalue weighted by Gasteiger charge is -2.19. The Balaban J connectivity index is 1.57. The van der Waals surface area contributed by atoms with E-state index in [2.05, 4.69) is 15.3 Å². The Morgan fingerprint density at radius 3 is 2.96 bits per heavy atom. The van der Waals surface area contributed by atoms with Gasteiger partial charge in [-0.1, -0.05) is 12.1 Å². The summed E-state index contributed by atoms with van der Waals surface area (Å²) in [6.45, 7) is 4.28. The lowest BCUT2D eigenvalue weighted by atomic mass is 10.1. The largest absolute Gasteiger partial charge is 0.350 e. The Kier molecular flexibility index (Phi) is 4.36. The molecule has 3 aromatic rings. The summed E-state index contributed by atoms with van der Waals surface area (Å²) in [6, 6.07) is 6.07. The number of benzene rings is 1. The highest BCUT2D eigenvalue weighted by Crippen LogP contribution is 2.39. The first-order valence-corrected chi connectivity index (χ1v) is 9.68. The molecule has 0 aliphatic heterocycles. The number of anilines is 2. The van der Waals surface area contributed by atoms with Gasteiger partial charge in [0.1, 0.15) is 17.0 Å². The van der Waals surface area contributed by atoms with Gasteiger partial charge in [-0.25, -0.2) is 9.97 Å². The molecule has 1 aliphatic rings. The molecular weight excluding hydrogens is 344 g/mol. The molecule has 1 amide bonds. The summed E-state index contributed by atoms with van der Waals surface area (Å²) in [5, 5.41) is 4.16. The molecule has 0 unspecified atom stereocenters. The van der Waals surface area contributed by atoms with Crippen molar-refractivity contribution in [1.82, 2.24) is 9.97 Å². The number of carbonyl (C=O) groups is 1. The monoisotopic (exact) mass is 366 g/mol. The van der Waals surface area contributed by atoms with Crippen molar-refractivity contribution in [3.05, 3.63) is 46.1 Å². The Morgan fingerprint density at radius 2 is 2.12 bits per heavy atom. The molecule has 0 atom stereocenters. The maximum absolute atomic E-state index is 12.6. The lowest BCUT2D eigenvalue weighted by molar-refractivity contribution is -0.114. The summed E-state index contributed by atoms with van der Waals surface area (Å²) in [5.41, 5.74) is 4.44. The summed E-state index contributed by atoms with van der Waals surface area (Å²) in [7, 11) is 1.92. The van der Waals surface area contributed by atoms with Gasteiger partial charge in [0.2, 0.25) is 5.91 Å². The van der Waals surface area contributed by atoms with Crippen molar-refractivity contribution >= 4 is 39.0 Å². The van der Waals surface area contributed by atoms with E-state index < -0.39 is 0 Å². The van der Waals surface area contributed by atoms with Crippen LogP contribution in [0.25, 0.3) is 10.2 Å². The van der Waals surface area contributed by atoms with Gasteiger partial charge in [-0.2, -0.15) is 0 Å². The average molecular weight is 366 g/mol. The molecule has 1 N–H and O–H groups in total. The molecule has 2 aromatic heterocycles. The van der Waals surface area contributed by atoms with E-state index in [1.807, 2.05) is 44.0 Å². The van der Waals surface area contributed by atoms with Crippen molar-refractivity contribution in [1.29, 1.82) is 0 Å². The van der Waals surface area contributed by atoms with E-state index in [1.165, 1.54) is 16.9 Å². The second-order valence-corrected chi connectivity index (χ2v) is 8.04. The fourth-order valence-corrected chi connectivity index (χ4v) is 4.78. The minimum absolute atomic E-state index is 0.0418. The molecule has 1 aromatic carbocycles. The molecule has 134 valence electrons. The molecular formula is C20H22N4OS. The maximum atomic E-state index is 12.6. The number of fused-ring (bicyclic) bond motifs is 3. The number of nitrogens with zero attached hydrogens (tertiary/aromatic N) is 3. The van der Waals surface area contributed by atoms with Gasteiger partial charge >= 0.3 is 0 Å². The quantitative estimate of drug-likeness (QED) is 0.761. The normalized spacial score (nSPS) is 13.0. The number of carbonyl (C=O) groups excluding carboxylic acids is 1. The standard InChI is InChI=1S/C20H22N4OS/c1-12-7-8-13(2)15(9-12)23-17(25)10-24(3)19-18-14-5-4-6-16(14)26-20(18)22-11-21-19/h7-9,11H,4-6,10H2,1-3H3,(H,23,25). The van der Waals surface area contributed by atoms with Gasteiger partial charge in [0.05, 0.1) is 11.9 Å². The summed E-state index contributed by atoms with van der Waals surface area (Å²) in [4.78, 5) is 25.9. The van der Waals surface area contributed by atoms with Crippen LogP contribution in [0.2, 0.25) is 0 Å². The number of amides is 1. The van der Waals surface area contributed by atoms with Crippen molar-refractivity contribution in [2.24, 2.45) is 0 Å². The highest BCUT2D eigenvalue weighted by molar-refractivity contribution is 7.19. The predicted molar refractivity (Wildman–Crippen MR) is 107 cm³/mol. The van der Waals surface area contributed by atoms with Gasteiger partial charge in [0.15, 0.2) is 0 Å². The highest BCUT2D eigenvalue weighted by Gasteiger charge is 2.23. The average Bonchev–Trinajstić information content (AvgIpc) is 3.18. The number of rotatable bonds is 4. The van der Waals surface area contributed by atoms with Crippen LogP contribution < -0.4 is 10.2 Å². The molecule has 0 saturated heterocycles. The van der Waals surface area contributed by atoms with Crippen LogP contribution >= 0.6 is 11.3 Å². The van der Waals surface area contributed by atoms with Gasteiger partial charge in [-0.05, 0) is 55.9 Å². The molecule has 0 bridgehead atoms. The number of aromatic nitrogens is 2. The maximum Gasteiger partial charge on any atom is 0.243 e. The van der Waals surface area contributed by atoms with Crippen LogP contribution in [0.1, 0.15) is 28.0 Å². The Hall–Kier alpha value is -2.47. The Morgan fingerprint density at radius 1 is 1.27 bits per heavy atom. The molecule has 4 rings (SSSR count). The van der Waals surface area contributed by atoms with E-state index >= 15 is 0 Å². The number of thiophene rings is 1. The SMILES string of the molecule is Cc1ccc(C)c(NC(=O)CN(C)c2ncnc3sc4c(c23)CCC4)c1. The second-order valence-electron chi connectivity index (χ2n) is 6.96. The van der Waals surface area contributed by atoms with Gasteiger partial charge in [0, 0.05) is 17.6 Å². The summed E-state index contributed by atoms with van der Waals surface area (Å²) in [6.07, 6.45) is 5.01. The van der Waals surface area contributed by atoms with Gasteiger partial charge in [-0.3, -0.25) is 4.79 Å². The summed E-state index contributed by atoms with van der Waals surface area (Å²) in [5.74, 6) is 0.811. The molecule has 0 saturated carbocycles. The zero-order chi connectivity index (χ0) is 18.3. The van der Waals surface area contributed by atoms with Crippen molar-refractivity contribution in [3.8, 4) is 0 Å². The van der Waals surface area contributed by atoms with E-state index in [0.29, 0.717) is 0 Å². The first-order valence-electron chi connectivity index (χ1n) is 8.86. The van der Waals surface area contributed by atoms with Gasteiger partial charge < -0.3 is 10.2 Å². The molecule has 0 spiro atoms. The zero-order valence-electron chi connectivity index (χ0n) is 15.3. The summed E-state index contributed by atoms with van der Waals surface area (Å²) < 4.78 is 0. The first-order chi connectivity index (χ1) is 12.5. The van der Waals surface area contributed by atoms with Crippen LogP contribution in [-0.2, 0) is 17.6 Å². The second kappa shape index (κ2) is 6.68. The van der Waals surface area contributed by atoms with Crippen LogP contribution in [0, 0.1) is 13.8 Å². The smallest absolute Gasteiger partial charge is 0.243 e. The van der Waals surface area contributed by atoms with Crippen LogP contribution in [-0.4, -0.2) is 29.5 Å². The highest BCUT2D eigenvalue weighted by atomic mass is 32.1. The molecule has 6 heteroatoms. The zero-order valence-corrected chi connectivity index (χ0v) is 16.1. The van der Waals surface area contributed by atoms with Gasteiger partial charge in [0.25, 0.3) is 0 Å². The van der Waals surface area contributed by atoms with E-state index in [-0.39, 0.29) is 12.5 Å². The first kappa shape index (κ1) is 17.0. The lowest BCUT2D eigenvalue weighted by Crippen LogP contribution is -2.31. The number of likely N-dealkylation sites (N-methyl/N-ethyl adjacent to an activating group) is 1. The third-order valence-electron chi connectivity index (χ3n) is 4.89. The number of nitrogens with one attached hydrogen (secondary N) is 1. The molecule has 0 radical (unpaired) electrons.